The van der Waals surface area contributed by atoms with Crippen molar-refractivity contribution in [1.29, 1.82) is 0 Å². The van der Waals surface area contributed by atoms with Crippen LogP contribution in [-0.2, 0) is 0 Å². The van der Waals surface area contributed by atoms with Gasteiger partial charge in [-0.25, -0.2) is 0 Å². The van der Waals surface area contributed by atoms with Gasteiger partial charge < -0.3 is 5.32 Å². The molecule has 0 bridgehead atoms. The Labute approximate surface area is 103 Å². The lowest BCUT2D eigenvalue weighted by Crippen LogP contribution is -2.25. The van der Waals surface area contributed by atoms with Crippen molar-refractivity contribution in [3.05, 3.63) is 34.9 Å². The number of benzene rings is 1. The first kappa shape index (κ1) is 12.0. The van der Waals surface area contributed by atoms with E-state index in [1.54, 1.807) is 0 Å². The van der Waals surface area contributed by atoms with Crippen LogP contribution in [0.15, 0.2) is 18.2 Å². The Balaban J connectivity index is 2.22. The molecule has 2 atom stereocenters. The van der Waals surface area contributed by atoms with E-state index < -0.39 is 0 Å². The average molecular weight is 235 g/mol. The van der Waals surface area contributed by atoms with Gasteiger partial charge in [-0.3, -0.25) is 0 Å². The zero-order chi connectivity index (χ0) is 11.5. The van der Waals surface area contributed by atoms with E-state index in [0.717, 1.165) is 5.25 Å². The molecule has 0 amide bonds. The van der Waals surface area contributed by atoms with Crippen LogP contribution in [0.5, 0.6) is 0 Å². The van der Waals surface area contributed by atoms with Crippen molar-refractivity contribution >= 4 is 11.8 Å². The Morgan fingerprint density at radius 3 is 2.69 bits per heavy atom. The molecule has 1 aromatic carbocycles. The highest BCUT2D eigenvalue weighted by Crippen LogP contribution is 2.36. The second-order valence-corrected chi connectivity index (χ2v) is 6.01. The summed E-state index contributed by atoms with van der Waals surface area (Å²) in [4.78, 5) is 0. The molecule has 2 rings (SSSR count). The molecule has 0 aromatic heterocycles. The lowest BCUT2D eigenvalue weighted by molar-refractivity contribution is 0.551. The summed E-state index contributed by atoms with van der Waals surface area (Å²) in [7, 11) is 2.08. The predicted molar refractivity (Wildman–Crippen MR) is 73.2 cm³/mol. The van der Waals surface area contributed by atoms with E-state index in [1.165, 1.54) is 35.3 Å². The van der Waals surface area contributed by atoms with Gasteiger partial charge in [0.15, 0.2) is 0 Å². The van der Waals surface area contributed by atoms with Gasteiger partial charge in [-0.1, -0.05) is 18.2 Å². The van der Waals surface area contributed by atoms with Crippen LogP contribution in [0.2, 0.25) is 0 Å². The number of hydrogen-bond acceptors (Lipinski definition) is 2. The van der Waals surface area contributed by atoms with Crippen LogP contribution in [0.25, 0.3) is 0 Å². The molecule has 1 fully saturated rings. The van der Waals surface area contributed by atoms with Crippen LogP contribution < -0.4 is 5.32 Å². The Bertz CT molecular complexity index is 356. The molecular formula is C14H21NS. The number of hydrogen-bond donors (Lipinski definition) is 1. The van der Waals surface area contributed by atoms with E-state index in [1.807, 2.05) is 0 Å². The molecular weight excluding hydrogens is 214 g/mol. The highest BCUT2D eigenvalue weighted by atomic mass is 32.2. The molecule has 1 aromatic rings. The second-order valence-electron chi connectivity index (χ2n) is 4.66. The summed E-state index contributed by atoms with van der Waals surface area (Å²) in [5.74, 6) is 1.33. The number of rotatable bonds is 3. The smallest absolute Gasteiger partial charge is 0.0438 e. The molecule has 1 heterocycles. The topological polar surface area (TPSA) is 12.0 Å². The maximum Gasteiger partial charge on any atom is 0.0438 e. The van der Waals surface area contributed by atoms with E-state index in [-0.39, 0.29) is 0 Å². The monoisotopic (exact) mass is 235 g/mol. The van der Waals surface area contributed by atoms with Crippen LogP contribution in [0, 0.1) is 13.8 Å². The van der Waals surface area contributed by atoms with Gasteiger partial charge in [0.05, 0.1) is 0 Å². The molecule has 1 aliphatic rings. The largest absolute Gasteiger partial charge is 0.312 e. The highest BCUT2D eigenvalue weighted by molar-refractivity contribution is 8.00. The maximum absolute atomic E-state index is 3.49. The standard InChI is InChI=1S/C14H21NS/c1-10-6-7-12(9-11(10)2)14(15-3)13-5-4-8-16-13/h6-7,9,13-15H,4-5,8H2,1-3H3. The third kappa shape index (κ3) is 2.44. The van der Waals surface area contributed by atoms with E-state index in [2.05, 4.69) is 56.2 Å². The maximum atomic E-state index is 3.49. The van der Waals surface area contributed by atoms with Gasteiger partial charge in [0.2, 0.25) is 0 Å². The molecule has 88 valence electrons. The Hall–Kier alpha value is -0.470. The molecule has 16 heavy (non-hydrogen) atoms. The minimum Gasteiger partial charge on any atom is -0.312 e. The first-order valence-electron chi connectivity index (χ1n) is 6.08. The van der Waals surface area contributed by atoms with E-state index >= 15 is 0 Å². The second kappa shape index (κ2) is 5.24. The Kier molecular flexibility index (Phi) is 3.93. The lowest BCUT2D eigenvalue weighted by atomic mass is 9.97. The number of nitrogens with one attached hydrogen (secondary N) is 1. The average Bonchev–Trinajstić information content (AvgIpc) is 2.78. The van der Waals surface area contributed by atoms with Crippen LogP contribution in [0.1, 0.15) is 35.6 Å². The van der Waals surface area contributed by atoms with Crippen LogP contribution in [-0.4, -0.2) is 18.1 Å². The fraction of sp³-hybridized carbons (Fsp3) is 0.571. The number of thioether (sulfide) groups is 1. The van der Waals surface area contributed by atoms with Gasteiger partial charge in [0.25, 0.3) is 0 Å². The first-order valence-corrected chi connectivity index (χ1v) is 7.13. The zero-order valence-electron chi connectivity index (χ0n) is 10.4. The van der Waals surface area contributed by atoms with Crippen LogP contribution >= 0.6 is 11.8 Å². The predicted octanol–water partition coefficient (Wildman–Crippen LogP) is 3.46. The molecule has 0 radical (unpaired) electrons. The lowest BCUT2D eigenvalue weighted by Gasteiger charge is -2.23. The van der Waals surface area contributed by atoms with Gasteiger partial charge in [-0.05, 0) is 56.2 Å². The summed E-state index contributed by atoms with van der Waals surface area (Å²) >= 11 is 2.12. The summed E-state index contributed by atoms with van der Waals surface area (Å²) < 4.78 is 0. The van der Waals surface area contributed by atoms with Crippen LogP contribution in [0.3, 0.4) is 0 Å². The van der Waals surface area contributed by atoms with Crippen molar-refractivity contribution in [2.75, 3.05) is 12.8 Å². The van der Waals surface area contributed by atoms with Gasteiger partial charge in [0.1, 0.15) is 0 Å². The summed E-state index contributed by atoms with van der Waals surface area (Å²) in [5.41, 5.74) is 4.24. The summed E-state index contributed by atoms with van der Waals surface area (Å²) in [6, 6.07) is 7.39. The van der Waals surface area contributed by atoms with Crippen molar-refractivity contribution in [2.45, 2.75) is 38.0 Å². The molecule has 0 aliphatic carbocycles. The Morgan fingerprint density at radius 2 is 2.12 bits per heavy atom. The SMILES string of the molecule is CNC(c1ccc(C)c(C)c1)C1CCCS1. The zero-order valence-corrected chi connectivity index (χ0v) is 11.2. The molecule has 1 nitrogen and oxygen atoms in total. The summed E-state index contributed by atoms with van der Waals surface area (Å²) in [6.07, 6.45) is 2.72. The van der Waals surface area contributed by atoms with Crippen molar-refractivity contribution in [2.24, 2.45) is 0 Å². The van der Waals surface area contributed by atoms with Crippen molar-refractivity contribution in [3.63, 3.8) is 0 Å². The van der Waals surface area contributed by atoms with Gasteiger partial charge in [-0.15, -0.1) is 0 Å². The summed E-state index contributed by atoms with van der Waals surface area (Å²) in [6.45, 7) is 4.38. The fourth-order valence-corrected chi connectivity index (χ4v) is 3.85. The van der Waals surface area contributed by atoms with E-state index in [4.69, 9.17) is 0 Å². The number of aryl methyl sites for hydroxylation is 2. The van der Waals surface area contributed by atoms with Crippen molar-refractivity contribution in [1.82, 2.24) is 5.32 Å². The van der Waals surface area contributed by atoms with Crippen molar-refractivity contribution in [3.8, 4) is 0 Å². The first-order chi connectivity index (χ1) is 7.72. The Morgan fingerprint density at radius 1 is 1.31 bits per heavy atom. The van der Waals surface area contributed by atoms with E-state index in [9.17, 15) is 0 Å². The van der Waals surface area contributed by atoms with E-state index in [0.29, 0.717) is 6.04 Å². The van der Waals surface area contributed by atoms with Gasteiger partial charge in [0, 0.05) is 11.3 Å². The third-order valence-electron chi connectivity index (χ3n) is 3.54. The minimum atomic E-state index is 0.520. The van der Waals surface area contributed by atoms with Gasteiger partial charge in [-0.2, -0.15) is 11.8 Å². The normalized spacial score (nSPS) is 22.3. The fourth-order valence-electron chi connectivity index (χ4n) is 2.39. The summed E-state index contributed by atoms with van der Waals surface area (Å²) in [5, 5.41) is 4.24. The molecule has 1 N–H and O–H groups in total. The third-order valence-corrected chi connectivity index (χ3v) is 5.00. The van der Waals surface area contributed by atoms with Crippen molar-refractivity contribution < 1.29 is 0 Å². The molecule has 2 unspecified atom stereocenters. The van der Waals surface area contributed by atoms with Gasteiger partial charge >= 0.3 is 0 Å². The quantitative estimate of drug-likeness (QED) is 0.861. The molecule has 2 heteroatoms. The highest BCUT2D eigenvalue weighted by Gasteiger charge is 2.25. The van der Waals surface area contributed by atoms with Crippen LogP contribution in [0.4, 0.5) is 0 Å². The minimum absolute atomic E-state index is 0.520. The molecule has 0 saturated carbocycles. The molecule has 1 aliphatic heterocycles. The molecule has 1 saturated heterocycles. The molecule has 0 spiro atoms.